The lowest BCUT2D eigenvalue weighted by Gasteiger charge is -2.44. The summed E-state index contributed by atoms with van der Waals surface area (Å²) in [6.45, 7) is -0.273. The van der Waals surface area contributed by atoms with Crippen LogP contribution >= 0.6 is 0 Å². The zero-order valence-corrected chi connectivity index (χ0v) is 48.6. The topological polar surface area (TPSA) is 37.2 Å². The van der Waals surface area contributed by atoms with E-state index in [4.69, 9.17) is 8.83 Å². The van der Waals surface area contributed by atoms with Gasteiger partial charge in [-0.2, -0.15) is 0 Å². The molecular formula is C84H50BN3O2. The molecule has 0 saturated heterocycles. The molecule has 0 unspecified atom stereocenters. The second kappa shape index (κ2) is 18.8. The maximum Gasteiger partial charge on any atom is 0.252 e. The third-order valence-electron chi connectivity index (χ3n) is 19.4. The molecule has 2 aliphatic heterocycles. The zero-order valence-electron chi connectivity index (χ0n) is 48.6. The molecule has 14 aromatic carbocycles. The van der Waals surface area contributed by atoms with Gasteiger partial charge in [0.15, 0.2) is 11.2 Å². The molecule has 0 N–H and O–H groups in total. The Kier molecular flexibility index (Phi) is 10.3. The van der Waals surface area contributed by atoms with Gasteiger partial charge in [0, 0.05) is 65.8 Å². The van der Waals surface area contributed by atoms with Gasteiger partial charge in [-0.25, -0.2) is 0 Å². The van der Waals surface area contributed by atoms with Crippen LogP contribution in [0.2, 0.25) is 0 Å². The third-order valence-corrected chi connectivity index (χ3v) is 19.4. The summed E-state index contributed by atoms with van der Waals surface area (Å²) in [4.78, 5) is 5.12. The minimum atomic E-state index is -0.273. The number of fused-ring (bicyclic) bond motifs is 18. The quantitative estimate of drug-likeness (QED) is 0.149. The van der Waals surface area contributed by atoms with Crippen LogP contribution in [-0.4, -0.2) is 11.1 Å². The van der Waals surface area contributed by atoms with Gasteiger partial charge in [-0.1, -0.05) is 224 Å². The van der Waals surface area contributed by atoms with Crippen LogP contribution in [-0.2, 0) is 0 Å². The summed E-state index contributed by atoms with van der Waals surface area (Å²) in [6.07, 6.45) is 0. The molecule has 0 fully saturated rings. The second-order valence-electron chi connectivity index (χ2n) is 24.3. The Morgan fingerprint density at radius 3 is 1.14 bits per heavy atom. The number of para-hydroxylation sites is 4. The van der Waals surface area contributed by atoms with E-state index in [1.54, 1.807) is 0 Å². The standard InChI is InChI=1S/C84H50BN3O2/c1-5-20-51(21-6-1)56-42-57(52-22-7-2-8-23-52)45-61(44-56)86-75-49-60(55-36-41-74-70(48-55)67-32-19-31-66-63-28-13-16-33-73(63)88(74)80(66)67)50-76-79(75)85(71-39-37-68-64-29-14-17-34-77(64)89-83(68)81(71)86)72-40-38-69-65-30-15-18-35-78(65)90-84(69)82(72)87(76)62-46-58(53-24-9-3-10-25-53)43-59(47-62)54-26-11-4-12-27-54/h1-50H. The van der Waals surface area contributed by atoms with Gasteiger partial charge in [0.1, 0.15) is 11.2 Å². The fourth-order valence-electron chi connectivity index (χ4n) is 15.5. The minimum absolute atomic E-state index is 0.273. The van der Waals surface area contributed by atoms with Crippen molar-refractivity contribution in [2.45, 2.75) is 0 Å². The highest BCUT2D eigenvalue weighted by molar-refractivity contribution is 7.00. The first-order valence-electron chi connectivity index (χ1n) is 31.0. The number of aromatic nitrogens is 1. The van der Waals surface area contributed by atoms with E-state index in [9.17, 15) is 0 Å². The highest BCUT2D eigenvalue weighted by Crippen LogP contribution is 2.53. The first-order valence-corrected chi connectivity index (χ1v) is 31.0. The van der Waals surface area contributed by atoms with Gasteiger partial charge < -0.3 is 23.0 Å². The summed E-state index contributed by atoms with van der Waals surface area (Å²) < 4.78 is 17.2. The van der Waals surface area contributed by atoms with Crippen LogP contribution in [0.4, 0.5) is 34.1 Å². The molecule has 0 bridgehead atoms. The third kappa shape index (κ3) is 7.10. The highest BCUT2D eigenvalue weighted by atomic mass is 16.3. The molecule has 416 valence electrons. The van der Waals surface area contributed by atoms with Crippen LogP contribution in [0.15, 0.2) is 312 Å². The highest BCUT2D eigenvalue weighted by Gasteiger charge is 2.46. The fourth-order valence-corrected chi connectivity index (χ4v) is 15.5. The Morgan fingerprint density at radius 1 is 0.256 bits per heavy atom. The van der Waals surface area contributed by atoms with Crippen molar-refractivity contribution in [2.24, 2.45) is 0 Å². The van der Waals surface area contributed by atoms with Gasteiger partial charge >= 0.3 is 0 Å². The number of benzene rings is 14. The Bertz CT molecular complexity index is 5600. The van der Waals surface area contributed by atoms with Gasteiger partial charge in [-0.05, 0) is 151 Å². The molecule has 0 amide bonds. The summed E-state index contributed by atoms with van der Waals surface area (Å²) >= 11 is 0. The normalized spacial score (nSPS) is 12.8. The van der Waals surface area contributed by atoms with Gasteiger partial charge in [0.05, 0.1) is 27.9 Å². The Balaban J connectivity index is 0.956. The molecule has 6 heteroatoms. The lowest BCUT2D eigenvalue weighted by Crippen LogP contribution is -2.61. The van der Waals surface area contributed by atoms with Crippen molar-refractivity contribution >= 4 is 139 Å². The molecule has 0 saturated carbocycles. The van der Waals surface area contributed by atoms with Crippen LogP contribution in [0.5, 0.6) is 0 Å². The smallest absolute Gasteiger partial charge is 0.252 e. The van der Waals surface area contributed by atoms with E-state index in [0.717, 1.165) is 145 Å². The van der Waals surface area contributed by atoms with Gasteiger partial charge in [0.2, 0.25) is 0 Å². The molecule has 6 heterocycles. The molecule has 90 heavy (non-hydrogen) atoms. The van der Waals surface area contributed by atoms with Crippen molar-refractivity contribution in [3.05, 3.63) is 303 Å². The number of anilines is 6. The van der Waals surface area contributed by atoms with Gasteiger partial charge in [-0.15, -0.1) is 0 Å². The summed E-state index contributed by atoms with van der Waals surface area (Å²) in [6, 6.07) is 112. The largest absolute Gasteiger partial charge is 0.454 e. The monoisotopic (exact) mass is 1140 g/mol. The number of furan rings is 2. The molecule has 0 spiro atoms. The Hall–Kier alpha value is -11.9. The van der Waals surface area contributed by atoms with E-state index >= 15 is 0 Å². The van der Waals surface area contributed by atoms with Crippen LogP contribution in [0.1, 0.15) is 0 Å². The molecule has 0 aliphatic carbocycles. The molecule has 5 nitrogen and oxygen atoms in total. The second-order valence-corrected chi connectivity index (χ2v) is 24.3. The molecule has 2 aliphatic rings. The van der Waals surface area contributed by atoms with Crippen molar-refractivity contribution in [2.75, 3.05) is 9.80 Å². The maximum atomic E-state index is 7.36. The molecule has 18 aromatic rings. The van der Waals surface area contributed by atoms with Crippen LogP contribution < -0.4 is 26.2 Å². The summed E-state index contributed by atoms with van der Waals surface area (Å²) in [7, 11) is 0. The molecule has 0 radical (unpaired) electrons. The van der Waals surface area contributed by atoms with E-state index in [1.165, 1.54) is 43.6 Å². The summed E-state index contributed by atoms with van der Waals surface area (Å²) in [5.41, 5.74) is 28.0. The molecule has 0 atom stereocenters. The van der Waals surface area contributed by atoms with Gasteiger partial charge in [-0.3, -0.25) is 0 Å². The number of nitrogens with zero attached hydrogens (tertiary/aromatic N) is 3. The predicted octanol–water partition coefficient (Wildman–Crippen LogP) is 21.1. The molecule has 4 aromatic heterocycles. The maximum absolute atomic E-state index is 7.36. The first-order chi connectivity index (χ1) is 44.6. The number of hydrogen-bond acceptors (Lipinski definition) is 4. The van der Waals surface area contributed by atoms with E-state index in [0.29, 0.717) is 0 Å². The van der Waals surface area contributed by atoms with Crippen molar-refractivity contribution in [1.29, 1.82) is 0 Å². The summed E-state index contributed by atoms with van der Waals surface area (Å²) in [5.74, 6) is 0. The lowest BCUT2D eigenvalue weighted by molar-refractivity contribution is 0.669. The van der Waals surface area contributed by atoms with Crippen molar-refractivity contribution in [1.82, 2.24) is 4.40 Å². The van der Waals surface area contributed by atoms with E-state index in [1.807, 2.05) is 0 Å². The van der Waals surface area contributed by atoms with Gasteiger partial charge in [0.25, 0.3) is 6.71 Å². The van der Waals surface area contributed by atoms with E-state index < -0.39 is 0 Å². The average molecular weight is 1140 g/mol. The lowest BCUT2D eigenvalue weighted by atomic mass is 9.33. The van der Waals surface area contributed by atoms with Crippen molar-refractivity contribution in [3.8, 4) is 55.6 Å². The zero-order chi connectivity index (χ0) is 58.7. The first kappa shape index (κ1) is 49.3. The Morgan fingerprint density at radius 2 is 0.656 bits per heavy atom. The minimum Gasteiger partial charge on any atom is -0.454 e. The Labute approximate surface area is 518 Å². The predicted molar refractivity (Wildman–Crippen MR) is 377 cm³/mol. The van der Waals surface area contributed by atoms with E-state index in [-0.39, 0.29) is 6.71 Å². The van der Waals surface area contributed by atoms with Crippen LogP contribution in [0.25, 0.3) is 138 Å². The van der Waals surface area contributed by atoms with Crippen LogP contribution in [0.3, 0.4) is 0 Å². The molecule has 20 rings (SSSR count). The molecular weight excluding hydrogens is 1090 g/mol. The van der Waals surface area contributed by atoms with Crippen LogP contribution in [0, 0.1) is 0 Å². The van der Waals surface area contributed by atoms with Crippen molar-refractivity contribution < 1.29 is 8.83 Å². The fraction of sp³-hybridized carbons (Fsp3) is 0. The van der Waals surface area contributed by atoms with E-state index in [2.05, 4.69) is 318 Å². The number of rotatable bonds is 7. The average Bonchev–Trinajstić information content (AvgIpc) is 1.16. The van der Waals surface area contributed by atoms with Crippen molar-refractivity contribution in [3.63, 3.8) is 0 Å². The SMILES string of the molecule is c1ccc(-c2cc(-c3ccccc3)cc(N3c4cc(-c5ccc6c(c5)c5cccc7c8ccccc8n6c75)cc5c4B(c4ccc6c(oc7ccccc76)c43)c3ccc4c(oc6ccccc64)c3N5c3cc(-c4ccccc4)cc(-c4ccccc4)c3)c2)cc1. The number of hydrogen-bond donors (Lipinski definition) is 0. The summed E-state index contributed by atoms with van der Waals surface area (Å²) in [5, 5.41) is 9.28.